The first kappa shape index (κ1) is 15.8. The molecule has 0 unspecified atom stereocenters. The summed E-state index contributed by atoms with van der Waals surface area (Å²) in [4.78, 5) is 10.2. The molecule has 1 N–H and O–H groups in total. The second kappa shape index (κ2) is 5.02. The second-order valence-electron chi connectivity index (χ2n) is 4.73. The van der Waals surface area contributed by atoms with E-state index in [1.807, 2.05) is 0 Å². The normalized spacial score (nSPS) is 16.4. The number of aryl methyl sites for hydroxylation is 1. The third-order valence-electron chi connectivity index (χ3n) is 2.96. The lowest BCUT2D eigenvalue weighted by Crippen LogP contribution is -2.40. The second-order valence-corrected chi connectivity index (χ2v) is 6.59. The summed E-state index contributed by atoms with van der Waals surface area (Å²) in [5.41, 5.74) is 0. The average molecular weight is 327 g/mol. The van der Waals surface area contributed by atoms with Gasteiger partial charge in [-0.3, -0.25) is 0 Å². The van der Waals surface area contributed by atoms with E-state index in [2.05, 4.69) is 0 Å². The number of carbonyl (C=O) groups is 1. The number of nitrogens with zero attached hydrogens (tertiary/aromatic N) is 1. The summed E-state index contributed by atoms with van der Waals surface area (Å²) in [5.74, 6) is -2.37. The zero-order valence-corrected chi connectivity index (χ0v) is 11.7. The number of carboxylic acids is 1. The van der Waals surface area contributed by atoms with E-state index in [4.69, 9.17) is 9.52 Å². The van der Waals surface area contributed by atoms with Crippen molar-refractivity contribution in [3.8, 4) is 0 Å². The molecule has 1 aliphatic carbocycles. The van der Waals surface area contributed by atoms with Gasteiger partial charge in [-0.15, -0.1) is 0 Å². The van der Waals surface area contributed by atoms with Gasteiger partial charge in [0.15, 0.2) is 0 Å². The summed E-state index contributed by atoms with van der Waals surface area (Å²) in [6.07, 6.45) is -3.99. The van der Waals surface area contributed by atoms with Crippen molar-refractivity contribution in [3.63, 3.8) is 0 Å². The molecule has 0 radical (unpaired) electrons. The number of hydrogen-bond acceptors (Lipinski definition) is 4. The first-order chi connectivity index (χ1) is 9.52. The molecule has 1 saturated carbocycles. The van der Waals surface area contributed by atoms with Gasteiger partial charge in [-0.05, 0) is 19.8 Å². The smallest absolute Gasteiger partial charge is 0.402 e. The Kier molecular flexibility index (Phi) is 3.79. The quantitative estimate of drug-likeness (QED) is 0.894. The van der Waals surface area contributed by atoms with Crippen LogP contribution in [0.15, 0.2) is 15.4 Å². The molecule has 0 spiro atoms. The number of rotatable bonds is 5. The molecule has 21 heavy (non-hydrogen) atoms. The van der Waals surface area contributed by atoms with E-state index in [1.54, 1.807) is 0 Å². The number of aromatic carboxylic acids is 1. The lowest BCUT2D eigenvalue weighted by molar-refractivity contribution is -0.137. The van der Waals surface area contributed by atoms with Crippen LogP contribution in [0.2, 0.25) is 0 Å². The van der Waals surface area contributed by atoms with E-state index in [0.29, 0.717) is 17.1 Å². The monoisotopic (exact) mass is 327 g/mol. The molecule has 0 saturated heterocycles. The van der Waals surface area contributed by atoms with Gasteiger partial charge in [0, 0.05) is 12.1 Å². The molecule has 1 aromatic rings. The molecule has 1 heterocycles. The average Bonchev–Trinajstić information content (AvgIpc) is 3.06. The Morgan fingerprint density at radius 2 is 2.05 bits per heavy atom. The highest BCUT2D eigenvalue weighted by molar-refractivity contribution is 7.89. The zero-order chi connectivity index (χ0) is 16.0. The van der Waals surface area contributed by atoms with E-state index in [-0.39, 0.29) is 5.76 Å². The molecule has 1 aliphatic rings. The van der Waals surface area contributed by atoms with Gasteiger partial charge in [0.1, 0.15) is 17.2 Å². The summed E-state index contributed by atoms with van der Waals surface area (Å²) in [5, 5.41) is 8.75. The highest BCUT2D eigenvalue weighted by Crippen LogP contribution is 2.36. The van der Waals surface area contributed by atoms with Gasteiger partial charge in [-0.1, -0.05) is 0 Å². The SMILES string of the molecule is Cc1oc(C(=O)O)cc1S(=O)(=O)N(CC(F)(F)F)C1CC1. The molecule has 1 aromatic heterocycles. The molecule has 0 aromatic carbocycles. The van der Waals surface area contributed by atoms with Gasteiger partial charge in [-0.25, -0.2) is 13.2 Å². The maximum atomic E-state index is 12.6. The summed E-state index contributed by atoms with van der Waals surface area (Å²) in [7, 11) is -4.46. The molecule has 0 atom stereocenters. The first-order valence-electron chi connectivity index (χ1n) is 5.94. The van der Waals surface area contributed by atoms with Crippen LogP contribution >= 0.6 is 0 Å². The number of hydrogen-bond donors (Lipinski definition) is 1. The maximum absolute atomic E-state index is 12.6. The van der Waals surface area contributed by atoms with E-state index in [1.165, 1.54) is 6.92 Å². The molecule has 10 heteroatoms. The fourth-order valence-corrected chi connectivity index (χ4v) is 3.74. The largest absolute Gasteiger partial charge is 0.475 e. The summed E-state index contributed by atoms with van der Waals surface area (Å²) in [6.45, 7) is -0.412. The maximum Gasteiger partial charge on any atom is 0.402 e. The lowest BCUT2D eigenvalue weighted by Gasteiger charge is -2.22. The minimum atomic E-state index is -4.68. The van der Waals surface area contributed by atoms with Crippen LogP contribution in [0.4, 0.5) is 13.2 Å². The van der Waals surface area contributed by atoms with Crippen molar-refractivity contribution in [1.29, 1.82) is 0 Å². The Morgan fingerprint density at radius 1 is 1.48 bits per heavy atom. The van der Waals surface area contributed by atoms with Crippen LogP contribution in [0.1, 0.15) is 29.2 Å². The molecule has 0 amide bonds. The van der Waals surface area contributed by atoms with Crippen LogP contribution in [0.5, 0.6) is 0 Å². The Hall–Kier alpha value is -1.55. The topological polar surface area (TPSA) is 87.8 Å². The third-order valence-corrected chi connectivity index (χ3v) is 4.96. The zero-order valence-electron chi connectivity index (χ0n) is 10.8. The number of carboxylic acid groups (broad SMARTS) is 1. The Bertz CT molecular complexity index is 660. The van der Waals surface area contributed by atoms with Crippen molar-refractivity contribution >= 4 is 16.0 Å². The summed E-state index contributed by atoms with van der Waals surface area (Å²) < 4.78 is 67.4. The molecular weight excluding hydrogens is 315 g/mol. The summed E-state index contributed by atoms with van der Waals surface area (Å²) >= 11 is 0. The van der Waals surface area contributed by atoms with E-state index in [0.717, 1.165) is 6.07 Å². The van der Waals surface area contributed by atoms with Gasteiger partial charge in [0.2, 0.25) is 15.8 Å². The number of furan rings is 1. The lowest BCUT2D eigenvalue weighted by atomic mass is 10.4. The molecule has 6 nitrogen and oxygen atoms in total. The molecule has 0 bridgehead atoms. The standard InChI is InChI=1S/C11H12F3NO5S/c1-6-9(4-8(20-6)10(16)17)21(18,19)15(7-2-3-7)5-11(12,13)14/h4,7H,2-3,5H2,1H3,(H,16,17). The Morgan fingerprint density at radius 3 is 2.43 bits per heavy atom. The highest BCUT2D eigenvalue weighted by atomic mass is 32.2. The number of alkyl halides is 3. The predicted octanol–water partition coefficient (Wildman–Crippen LogP) is 2.00. The number of sulfonamides is 1. The van der Waals surface area contributed by atoms with Crippen molar-refractivity contribution in [2.75, 3.05) is 6.54 Å². The Labute approximate surface area is 118 Å². The Balaban J connectivity index is 2.41. The van der Waals surface area contributed by atoms with Crippen molar-refractivity contribution in [3.05, 3.63) is 17.6 Å². The van der Waals surface area contributed by atoms with E-state index in [9.17, 15) is 26.4 Å². The van der Waals surface area contributed by atoms with Gasteiger partial charge in [-0.2, -0.15) is 17.5 Å². The van der Waals surface area contributed by atoms with E-state index < -0.39 is 45.4 Å². The predicted molar refractivity (Wildman–Crippen MR) is 63.4 cm³/mol. The van der Waals surface area contributed by atoms with Crippen molar-refractivity contribution in [2.45, 2.75) is 36.9 Å². The van der Waals surface area contributed by atoms with Crippen molar-refractivity contribution in [2.24, 2.45) is 0 Å². The van der Waals surface area contributed by atoms with Crippen LogP contribution in [-0.2, 0) is 10.0 Å². The third kappa shape index (κ3) is 3.38. The molecular formula is C11H12F3NO5S. The van der Waals surface area contributed by atoms with E-state index >= 15 is 0 Å². The minimum absolute atomic E-state index is 0.250. The highest BCUT2D eigenvalue weighted by Gasteiger charge is 2.45. The molecule has 118 valence electrons. The minimum Gasteiger partial charge on any atom is -0.475 e. The van der Waals surface area contributed by atoms with Gasteiger partial charge in [0.25, 0.3) is 0 Å². The fourth-order valence-electron chi connectivity index (χ4n) is 1.90. The van der Waals surface area contributed by atoms with Crippen LogP contribution < -0.4 is 0 Å². The summed E-state index contributed by atoms with van der Waals surface area (Å²) in [6, 6.07) is 0.0258. The van der Waals surface area contributed by atoms with Crippen molar-refractivity contribution < 1.29 is 35.9 Å². The van der Waals surface area contributed by atoms with Crippen molar-refractivity contribution in [1.82, 2.24) is 4.31 Å². The van der Waals surface area contributed by atoms with Gasteiger partial charge < -0.3 is 9.52 Å². The van der Waals surface area contributed by atoms with Gasteiger partial charge in [0.05, 0.1) is 0 Å². The van der Waals surface area contributed by atoms with Gasteiger partial charge >= 0.3 is 12.1 Å². The molecule has 2 rings (SSSR count). The van der Waals surface area contributed by atoms with Crippen LogP contribution in [0, 0.1) is 6.92 Å². The van der Waals surface area contributed by atoms with Crippen LogP contribution in [0.3, 0.4) is 0 Å². The molecule has 0 aliphatic heterocycles. The number of halogens is 3. The van der Waals surface area contributed by atoms with Crippen LogP contribution in [-0.4, -0.2) is 42.6 Å². The molecule has 1 fully saturated rings. The first-order valence-corrected chi connectivity index (χ1v) is 7.38. The fraction of sp³-hybridized carbons (Fsp3) is 0.545. The van der Waals surface area contributed by atoms with Crippen LogP contribution in [0.25, 0.3) is 0 Å².